The Bertz CT molecular complexity index is 391. The molecule has 0 aromatic heterocycles. The van der Waals surface area contributed by atoms with Gasteiger partial charge in [-0.05, 0) is 51.7 Å². The topological polar surface area (TPSA) is 43.7 Å². The number of aliphatic hydroxyl groups is 2. The highest BCUT2D eigenvalue weighted by molar-refractivity contribution is 4.61. The molecule has 0 bridgehead atoms. The lowest BCUT2D eigenvalue weighted by atomic mass is 10.1. The van der Waals surface area contributed by atoms with Crippen molar-refractivity contribution in [3.63, 3.8) is 0 Å². The van der Waals surface area contributed by atoms with Crippen LogP contribution in [0.15, 0.2) is 0 Å². The monoisotopic (exact) mass is 554 g/mol. The Labute approximate surface area is 247 Å². The van der Waals surface area contributed by atoms with Gasteiger partial charge in [-0.15, -0.1) is 0 Å². The van der Waals surface area contributed by atoms with E-state index in [0.717, 1.165) is 12.8 Å². The summed E-state index contributed by atoms with van der Waals surface area (Å²) in [5.41, 5.74) is 0. The molecule has 0 unspecified atom stereocenters. The van der Waals surface area contributed by atoms with Crippen molar-refractivity contribution in [1.82, 2.24) is 4.90 Å². The molecule has 0 aliphatic heterocycles. The fourth-order valence-electron chi connectivity index (χ4n) is 5.88. The first-order chi connectivity index (χ1) is 19.3. The summed E-state index contributed by atoms with van der Waals surface area (Å²) in [6.45, 7) is 7.02. The molecule has 39 heavy (non-hydrogen) atoms. The summed E-state index contributed by atoms with van der Waals surface area (Å²) >= 11 is 0. The minimum Gasteiger partial charge on any atom is -0.396 e. The van der Waals surface area contributed by atoms with Crippen LogP contribution in [-0.4, -0.2) is 48.0 Å². The Kier molecular flexibility index (Phi) is 35.8. The number of unbranched alkanes of at least 4 members (excludes halogenated alkanes) is 27. The highest BCUT2D eigenvalue weighted by atomic mass is 16.3. The van der Waals surface area contributed by atoms with E-state index in [1.54, 1.807) is 0 Å². The second-order valence-corrected chi connectivity index (χ2v) is 12.5. The zero-order valence-corrected chi connectivity index (χ0v) is 27.1. The summed E-state index contributed by atoms with van der Waals surface area (Å²) in [6, 6.07) is 0. The Morgan fingerprint density at radius 3 is 0.718 bits per heavy atom. The molecule has 0 saturated carbocycles. The van der Waals surface area contributed by atoms with Crippen LogP contribution in [0.4, 0.5) is 0 Å². The van der Waals surface area contributed by atoms with Crippen molar-refractivity contribution in [2.75, 3.05) is 32.8 Å². The van der Waals surface area contributed by atoms with Crippen LogP contribution in [-0.2, 0) is 0 Å². The van der Waals surface area contributed by atoms with Crippen LogP contribution < -0.4 is 0 Å². The highest BCUT2D eigenvalue weighted by Gasteiger charge is 2.05. The SMILES string of the molecule is CCCCCCCCCCCCN(CCCCCCCCCCCCO)CCCCCCCCCCCCO. The predicted molar refractivity (Wildman–Crippen MR) is 175 cm³/mol. The molecule has 3 heteroatoms. The van der Waals surface area contributed by atoms with Crippen LogP contribution in [0.1, 0.15) is 200 Å². The average Bonchev–Trinajstić information content (AvgIpc) is 2.95. The molecular weight excluding hydrogens is 478 g/mol. The minimum atomic E-state index is 0.365. The van der Waals surface area contributed by atoms with Crippen LogP contribution in [0.25, 0.3) is 0 Å². The molecule has 0 heterocycles. The molecule has 236 valence electrons. The van der Waals surface area contributed by atoms with E-state index >= 15 is 0 Å². The van der Waals surface area contributed by atoms with E-state index in [1.807, 2.05) is 0 Å². The third-order valence-electron chi connectivity index (χ3n) is 8.59. The van der Waals surface area contributed by atoms with Gasteiger partial charge in [0.2, 0.25) is 0 Å². The molecule has 0 aliphatic rings. The lowest BCUT2D eigenvalue weighted by Crippen LogP contribution is -2.27. The maximum Gasteiger partial charge on any atom is 0.0431 e. The molecule has 0 aromatic carbocycles. The van der Waals surface area contributed by atoms with Gasteiger partial charge in [-0.3, -0.25) is 0 Å². The first-order valence-electron chi connectivity index (χ1n) is 18.3. The number of hydrogen-bond donors (Lipinski definition) is 2. The van der Waals surface area contributed by atoms with Crippen molar-refractivity contribution in [2.45, 2.75) is 200 Å². The molecule has 3 nitrogen and oxygen atoms in total. The fourth-order valence-corrected chi connectivity index (χ4v) is 5.88. The summed E-state index contributed by atoms with van der Waals surface area (Å²) in [5.74, 6) is 0. The summed E-state index contributed by atoms with van der Waals surface area (Å²) in [7, 11) is 0. The van der Waals surface area contributed by atoms with Gasteiger partial charge in [-0.2, -0.15) is 0 Å². The second kappa shape index (κ2) is 35.9. The Balaban J connectivity index is 3.88. The fraction of sp³-hybridized carbons (Fsp3) is 1.00. The molecule has 0 fully saturated rings. The van der Waals surface area contributed by atoms with Gasteiger partial charge in [0.15, 0.2) is 0 Å². The largest absolute Gasteiger partial charge is 0.396 e. The van der Waals surface area contributed by atoms with E-state index in [1.165, 1.54) is 199 Å². The first-order valence-corrected chi connectivity index (χ1v) is 18.3. The van der Waals surface area contributed by atoms with Gasteiger partial charge in [0.05, 0.1) is 0 Å². The van der Waals surface area contributed by atoms with Crippen molar-refractivity contribution in [3.8, 4) is 0 Å². The molecule has 0 saturated heterocycles. The van der Waals surface area contributed by atoms with E-state index < -0.39 is 0 Å². The molecule has 0 atom stereocenters. The maximum absolute atomic E-state index is 8.87. The summed E-state index contributed by atoms with van der Waals surface area (Å²) in [4.78, 5) is 2.81. The summed E-state index contributed by atoms with van der Waals surface area (Å²) in [5, 5.41) is 17.7. The van der Waals surface area contributed by atoms with Crippen LogP contribution in [0.3, 0.4) is 0 Å². The second-order valence-electron chi connectivity index (χ2n) is 12.5. The molecular formula is C36H75NO2. The Hall–Kier alpha value is -0.120. The smallest absolute Gasteiger partial charge is 0.0431 e. The molecule has 0 aromatic rings. The third-order valence-corrected chi connectivity index (χ3v) is 8.59. The Morgan fingerprint density at radius 1 is 0.282 bits per heavy atom. The summed E-state index contributed by atoms with van der Waals surface area (Å²) < 4.78 is 0. The van der Waals surface area contributed by atoms with E-state index in [2.05, 4.69) is 11.8 Å². The number of hydrogen-bond acceptors (Lipinski definition) is 3. The quantitative estimate of drug-likeness (QED) is 0.0767. The number of nitrogens with zero attached hydrogens (tertiary/aromatic N) is 1. The van der Waals surface area contributed by atoms with Gasteiger partial charge in [0.25, 0.3) is 0 Å². The van der Waals surface area contributed by atoms with Gasteiger partial charge < -0.3 is 15.1 Å². The predicted octanol–water partition coefficient (Wildman–Crippen LogP) is 11.0. The van der Waals surface area contributed by atoms with Crippen LogP contribution in [0.5, 0.6) is 0 Å². The zero-order chi connectivity index (χ0) is 28.3. The normalized spacial score (nSPS) is 11.7. The van der Waals surface area contributed by atoms with Crippen molar-refractivity contribution < 1.29 is 10.2 Å². The van der Waals surface area contributed by atoms with Gasteiger partial charge in [0, 0.05) is 13.2 Å². The van der Waals surface area contributed by atoms with Crippen molar-refractivity contribution >= 4 is 0 Å². The Morgan fingerprint density at radius 2 is 0.487 bits per heavy atom. The number of aliphatic hydroxyl groups excluding tert-OH is 2. The molecule has 2 N–H and O–H groups in total. The van der Waals surface area contributed by atoms with Crippen molar-refractivity contribution in [1.29, 1.82) is 0 Å². The lowest BCUT2D eigenvalue weighted by molar-refractivity contribution is 0.254. The molecule has 0 aliphatic carbocycles. The molecule has 0 amide bonds. The van der Waals surface area contributed by atoms with Gasteiger partial charge in [-0.25, -0.2) is 0 Å². The number of rotatable bonds is 35. The van der Waals surface area contributed by atoms with Crippen molar-refractivity contribution in [2.24, 2.45) is 0 Å². The standard InChI is InChI=1S/C36H75NO2/c1-2-3-4-5-6-7-12-17-22-27-32-37(33-28-23-18-13-8-10-15-20-25-30-35-38)34-29-24-19-14-9-11-16-21-26-31-36-39/h38-39H,2-36H2,1H3. The van der Waals surface area contributed by atoms with Gasteiger partial charge in [0.1, 0.15) is 0 Å². The maximum atomic E-state index is 8.87. The molecule has 0 rings (SSSR count). The van der Waals surface area contributed by atoms with Crippen LogP contribution in [0.2, 0.25) is 0 Å². The first kappa shape index (κ1) is 38.9. The highest BCUT2D eigenvalue weighted by Crippen LogP contribution is 2.14. The van der Waals surface area contributed by atoms with Crippen LogP contribution in [0, 0.1) is 0 Å². The van der Waals surface area contributed by atoms with Gasteiger partial charge >= 0.3 is 0 Å². The lowest BCUT2D eigenvalue weighted by Gasteiger charge is -2.22. The zero-order valence-electron chi connectivity index (χ0n) is 27.1. The van der Waals surface area contributed by atoms with Crippen LogP contribution >= 0.6 is 0 Å². The third kappa shape index (κ3) is 34.0. The van der Waals surface area contributed by atoms with E-state index in [9.17, 15) is 0 Å². The average molecular weight is 554 g/mol. The van der Waals surface area contributed by atoms with E-state index in [4.69, 9.17) is 10.2 Å². The summed E-state index contributed by atoms with van der Waals surface area (Å²) in [6.07, 6.45) is 40.9. The molecule has 0 spiro atoms. The molecule has 0 radical (unpaired) electrons. The minimum absolute atomic E-state index is 0.365. The van der Waals surface area contributed by atoms with E-state index in [-0.39, 0.29) is 0 Å². The van der Waals surface area contributed by atoms with E-state index in [0.29, 0.717) is 13.2 Å². The van der Waals surface area contributed by atoms with Gasteiger partial charge in [-0.1, -0.05) is 167 Å². The van der Waals surface area contributed by atoms with Crippen molar-refractivity contribution in [3.05, 3.63) is 0 Å².